The first-order chi connectivity index (χ1) is 12.1. The van der Waals surface area contributed by atoms with Gasteiger partial charge >= 0.3 is 5.63 Å². The standard InChI is InChI=1S/C19H14ClNO4/c1-12-8-19(22)25-17-10-18(16(20)9-15(12)17)24-7-6-23-14-4-2-13(11-21)3-5-14/h2-5,8-10H,6-7H2,1H3. The first-order valence-corrected chi connectivity index (χ1v) is 7.94. The second-order valence-electron chi connectivity index (χ2n) is 5.36. The number of hydrogen-bond acceptors (Lipinski definition) is 5. The Hall–Kier alpha value is -2.97. The summed E-state index contributed by atoms with van der Waals surface area (Å²) in [6.45, 7) is 2.39. The Kier molecular flexibility index (Phi) is 4.92. The number of ether oxygens (including phenoxy) is 2. The summed E-state index contributed by atoms with van der Waals surface area (Å²) in [6.07, 6.45) is 0. The van der Waals surface area contributed by atoms with E-state index >= 15 is 0 Å². The molecule has 1 heterocycles. The highest BCUT2D eigenvalue weighted by Gasteiger charge is 2.09. The molecule has 0 aliphatic rings. The van der Waals surface area contributed by atoms with E-state index in [4.69, 9.17) is 30.8 Å². The summed E-state index contributed by atoms with van der Waals surface area (Å²) in [5.41, 5.74) is 1.38. The number of nitriles is 1. The lowest BCUT2D eigenvalue weighted by Gasteiger charge is -2.11. The molecule has 0 unspecified atom stereocenters. The van der Waals surface area contributed by atoms with E-state index in [1.54, 1.807) is 36.4 Å². The zero-order valence-corrected chi connectivity index (χ0v) is 14.2. The molecule has 126 valence electrons. The average molecular weight is 356 g/mol. The number of hydrogen-bond donors (Lipinski definition) is 0. The molecule has 0 radical (unpaired) electrons. The third kappa shape index (κ3) is 3.93. The van der Waals surface area contributed by atoms with Crippen LogP contribution >= 0.6 is 11.6 Å². The molecule has 0 aliphatic carbocycles. The molecule has 0 fully saturated rings. The Morgan fingerprint density at radius 3 is 2.56 bits per heavy atom. The van der Waals surface area contributed by atoms with Gasteiger partial charge in [-0.05, 0) is 42.8 Å². The first kappa shape index (κ1) is 16.9. The van der Waals surface area contributed by atoms with Gasteiger partial charge in [0.15, 0.2) is 0 Å². The van der Waals surface area contributed by atoms with E-state index in [0.717, 1.165) is 10.9 Å². The van der Waals surface area contributed by atoms with Crippen LogP contribution in [0.15, 0.2) is 51.7 Å². The van der Waals surface area contributed by atoms with Gasteiger partial charge in [-0.1, -0.05) is 11.6 Å². The molecule has 0 N–H and O–H groups in total. The second-order valence-corrected chi connectivity index (χ2v) is 5.77. The fourth-order valence-electron chi connectivity index (χ4n) is 2.37. The van der Waals surface area contributed by atoms with Gasteiger partial charge in [-0.15, -0.1) is 0 Å². The third-order valence-corrected chi connectivity index (χ3v) is 3.89. The third-order valence-electron chi connectivity index (χ3n) is 3.60. The zero-order chi connectivity index (χ0) is 17.8. The molecule has 2 aromatic carbocycles. The molecule has 0 spiro atoms. The van der Waals surface area contributed by atoms with Gasteiger partial charge in [0.25, 0.3) is 0 Å². The van der Waals surface area contributed by atoms with Crippen LogP contribution in [0.2, 0.25) is 5.02 Å². The molecule has 0 atom stereocenters. The Balaban J connectivity index is 1.65. The molecule has 5 nitrogen and oxygen atoms in total. The lowest BCUT2D eigenvalue weighted by Crippen LogP contribution is -2.09. The molecular formula is C19H14ClNO4. The maximum absolute atomic E-state index is 11.5. The van der Waals surface area contributed by atoms with E-state index in [-0.39, 0.29) is 6.61 Å². The van der Waals surface area contributed by atoms with E-state index in [1.807, 2.05) is 13.0 Å². The summed E-state index contributed by atoms with van der Waals surface area (Å²) in [5.74, 6) is 1.07. The lowest BCUT2D eigenvalue weighted by atomic mass is 10.1. The van der Waals surface area contributed by atoms with Crippen molar-refractivity contribution < 1.29 is 13.9 Å². The predicted octanol–water partition coefficient (Wildman–Crippen LogP) is 4.08. The Morgan fingerprint density at radius 2 is 1.84 bits per heavy atom. The fourth-order valence-corrected chi connectivity index (χ4v) is 2.59. The van der Waals surface area contributed by atoms with Gasteiger partial charge in [0.2, 0.25) is 0 Å². The molecule has 3 aromatic rings. The topological polar surface area (TPSA) is 72.5 Å². The summed E-state index contributed by atoms with van der Waals surface area (Å²) in [4.78, 5) is 11.5. The van der Waals surface area contributed by atoms with Crippen LogP contribution in [0.4, 0.5) is 0 Å². The monoisotopic (exact) mass is 355 g/mol. The molecule has 1 aromatic heterocycles. The minimum atomic E-state index is -0.414. The molecule has 6 heteroatoms. The molecule has 0 aliphatic heterocycles. The number of aryl methyl sites for hydroxylation is 1. The van der Waals surface area contributed by atoms with Gasteiger partial charge in [-0.2, -0.15) is 5.26 Å². The smallest absolute Gasteiger partial charge is 0.336 e. The van der Waals surface area contributed by atoms with Crippen LogP contribution < -0.4 is 15.1 Å². The van der Waals surface area contributed by atoms with Gasteiger partial charge < -0.3 is 13.9 Å². The summed E-state index contributed by atoms with van der Waals surface area (Å²) in [5, 5.41) is 9.96. The van der Waals surface area contributed by atoms with Crippen LogP contribution in [0.1, 0.15) is 11.1 Å². The Labute approximate surface area is 149 Å². The van der Waals surface area contributed by atoms with E-state index in [1.165, 1.54) is 6.07 Å². The SMILES string of the molecule is Cc1cc(=O)oc2cc(OCCOc3ccc(C#N)cc3)c(Cl)cc12. The van der Waals surface area contributed by atoms with Gasteiger partial charge in [0, 0.05) is 17.5 Å². The number of nitrogens with zero attached hydrogens (tertiary/aromatic N) is 1. The molecule has 3 rings (SSSR count). The zero-order valence-electron chi connectivity index (χ0n) is 13.4. The van der Waals surface area contributed by atoms with Crippen LogP contribution in [-0.4, -0.2) is 13.2 Å². The van der Waals surface area contributed by atoms with Crippen molar-refractivity contribution in [3.05, 3.63) is 69.0 Å². The quantitative estimate of drug-likeness (QED) is 0.509. The second kappa shape index (κ2) is 7.29. The van der Waals surface area contributed by atoms with Crippen molar-refractivity contribution in [2.45, 2.75) is 6.92 Å². The highest BCUT2D eigenvalue weighted by Crippen LogP contribution is 2.31. The van der Waals surface area contributed by atoms with E-state index in [0.29, 0.717) is 34.3 Å². The molecule has 25 heavy (non-hydrogen) atoms. The predicted molar refractivity (Wildman–Crippen MR) is 94.4 cm³/mol. The first-order valence-electron chi connectivity index (χ1n) is 7.56. The molecule has 0 saturated carbocycles. The van der Waals surface area contributed by atoms with Crippen molar-refractivity contribution in [3.8, 4) is 17.6 Å². The molecule has 0 saturated heterocycles. The van der Waals surface area contributed by atoms with E-state index in [2.05, 4.69) is 0 Å². The van der Waals surface area contributed by atoms with Crippen molar-refractivity contribution in [2.75, 3.05) is 13.2 Å². The minimum absolute atomic E-state index is 0.265. The van der Waals surface area contributed by atoms with Crippen molar-refractivity contribution in [1.29, 1.82) is 5.26 Å². The van der Waals surface area contributed by atoms with E-state index in [9.17, 15) is 4.79 Å². The van der Waals surface area contributed by atoms with Crippen molar-refractivity contribution >= 4 is 22.6 Å². The summed E-state index contributed by atoms with van der Waals surface area (Å²) < 4.78 is 16.3. The van der Waals surface area contributed by atoms with E-state index < -0.39 is 5.63 Å². The van der Waals surface area contributed by atoms with Gasteiger partial charge in [0.1, 0.15) is 30.3 Å². The molecule has 0 bridgehead atoms. The van der Waals surface area contributed by atoms with Crippen LogP contribution in [0.25, 0.3) is 11.0 Å². The fraction of sp³-hybridized carbons (Fsp3) is 0.158. The molecular weight excluding hydrogens is 342 g/mol. The van der Waals surface area contributed by atoms with Gasteiger partial charge in [-0.3, -0.25) is 0 Å². The normalized spacial score (nSPS) is 10.4. The highest BCUT2D eigenvalue weighted by molar-refractivity contribution is 6.32. The Morgan fingerprint density at radius 1 is 1.12 bits per heavy atom. The number of rotatable bonds is 5. The van der Waals surface area contributed by atoms with Crippen LogP contribution in [0.3, 0.4) is 0 Å². The number of benzene rings is 2. The summed E-state index contributed by atoms with van der Waals surface area (Å²) >= 11 is 6.23. The van der Waals surface area contributed by atoms with Crippen molar-refractivity contribution in [1.82, 2.24) is 0 Å². The molecule has 0 amide bonds. The summed E-state index contributed by atoms with van der Waals surface area (Å²) in [7, 11) is 0. The maximum atomic E-state index is 11.5. The van der Waals surface area contributed by atoms with Crippen LogP contribution in [0.5, 0.6) is 11.5 Å². The van der Waals surface area contributed by atoms with Crippen LogP contribution in [-0.2, 0) is 0 Å². The average Bonchev–Trinajstić information content (AvgIpc) is 2.60. The highest BCUT2D eigenvalue weighted by atomic mass is 35.5. The number of fused-ring (bicyclic) bond motifs is 1. The van der Waals surface area contributed by atoms with Gasteiger partial charge in [0.05, 0.1) is 16.7 Å². The maximum Gasteiger partial charge on any atom is 0.336 e. The lowest BCUT2D eigenvalue weighted by molar-refractivity contribution is 0.217. The van der Waals surface area contributed by atoms with Crippen molar-refractivity contribution in [3.63, 3.8) is 0 Å². The summed E-state index contributed by atoms with van der Waals surface area (Å²) in [6, 6.07) is 13.6. The van der Waals surface area contributed by atoms with Gasteiger partial charge in [-0.25, -0.2) is 4.79 Å². The Bertz CT molecular complexity index is 1000. The van der Waals surface area contributed by atoms with Crippen molar-refractivity contribution in [2.24, 2.45) is 0 Å². The number of halogens is 1. The minimum Gasteiger partial charge on any atom is -0.490 e. The largest absolute Gasteiger partial charge is 0.490 e. The van der Waals surface area contributed by atoms with Crippen LogP contribution in [0, 0.1) is 18.3 Å².